The predicted molar refractivity (Wildman–Crippen MR) is 123 cm³/mol. The maximum Gasteiger partial charge on any atom is 0.269 e. The summed E-state index contributed by atoms with van der Waals surface area (Å²) in [4.78, 5) is 22.5. The van der Waals surface area contributed by atoms with Crippen LogP contribution in [0, 0.1) is 10.1 Å². The Balaban J connectivity index is 2.04. The van der Waals surface area contributed by atoms with Crippen LogP contribution in [0.5, 0.6) is 0 Å². The Morgan fingerprint density at radius 2 is 1.26 bits per heavy atom. The summed E-state index contributed by atoms with van der Waals surface area (Å²) in [7, 11) is -9.23. The van der Waals surface area contributed by atoms with Crippen LogP contribution in [0.1, 0.15) is 24.4 Å². The molecule has 1 N–H and O–H groups in total. The average molecular weight is 501 g/mol. The van der Waals surface area contributed by atoms with E-state index < -0.39 is 47.0 Å². The molecule has 1 saturated heterocycles. The van der Waals surface area contributed by atoms with Gasteiger partial charge in [-0.2, -0.15) is 0 Å². The number of carbonyl (C=O) groups excluding carboxylic acids is 1. The lowest BCUT2D eigenvalue weighted by Gasteiger charge is -2.42. The molecule has 1 unspecified atom stereocenters. The second-order valence-electron chi connectivity index (χ2n) is 7.79. The van der Waals surface area contributed by atoms with Crippen molar-refractivity contribution in [2.24, 2.45) is 0 Å². The normalized spacial score (nSPS) is 18.1. The summed E-state index contributed by atoms with van der Waals surface area (Å²) in [6, 6.07) is 17.7. The van der Waals surface area contributed by atoms with E-state index in [9.17, 15) is 31.7 Å². The second kappa shape index (κ2) is 8.65. The summed E-state index contributed by atoms with van der Waals surface area (Å²) in [6.07, 6.45) is -0.823. The van der Waals surface area contributed by atoms with Gasteiger partial charge < -0.3 is 5.32 Å². The molecule has 1 aliphatic rings. The predicted octanol–water partition coefficient (Wildman–Crippen LogP) is 3.19. The molecule has 11 heteroatoms. The molecule has 0 spiro atoms. The molecule has 3 aromatic carbocycles. The Morgan fingerprint density at radius 1 is 0.794 bits per heavy atom. The first kappa shape index (κ1) is 23.6. The van der Waals surface area contributed by atoms with Crippen LogP contribution in [-0.2, 0) is 24.5 Å². The molecule has 3 aromatic rings. The van der Waals surface area contributed by atoms with Gasteiger partial charge in [-0.3, -0.25) is 14.9 Å². The third-order valence-electron chi connectivity index (χ3n) is 5.90. The summed E-state index contributed by atoms with van der Waals surface area (Å²) in [5.41, 5.74) is -0.133. The molecule has 0 aliphatic carbocycles. The highest BCUT2D eigenvalue weighted by Gasteiger charge is 2.63. The van der Waals surface area contributed by atoms with Gasteiger partial charge in [0.05, 0.1) is 20.8 Å². The van der Waals surface area contributed by atoms with E-state index in [1.807, 2.05) is 0 Å². The number of non-ortho nitro benzene ring substituents is 1. The Hall–Kier alpha value is -3.57. The number of sulfone groups is 2. The second-order valence-corrected chi connectivity index (χ2v) is 12.5. The molecule has 176 valence electrons. The lowest BCUT2D eigenvalue weighted by Crippen LogP contribution is -2.59. The van der Waals surface area contributed by atoms with E-state index in [0.717, 1.165) is 12.1 Å². The fraction of sp³-hybridized carbons (Fsp3) is 0.174. The highest BCUT2D eigenvalue weighted by atomic mass is 32.3. The Bertz CT molecular complexity index is 1370. The van der Waals surface area contributed by atoms with Crippen LogP contribution < -0.4 is 5.32 Å². The molecule has 1 aliphatic heterocycles. The molecule has 34 heavy (non-hydrogen) atoms. The van der Waals surface area contributed by atoms with Crippen molar-refractivity contribution in [1.29, 1.82) is 0 Å². The number of nitrogens with zero attached hydrogens (tertiary/aromatic N) is 1. The van der Waals surface area contributed by atoms with Gasteiger partial charge in [0, 0.05) is 18.6 Å². The monoisotopic (exact) mass is 500 g/mol. The van der Waals surface area contributed by atoms with Gasteiger partial charge in [-0.1, -0.05) is 48.5 Å². The molecule has 0 aromatic heterocycles. The van der Waals surface area contributed by atoms with Crippen molar-refractivity contribution in [2.75, 3.05) is 0 Å². The van der Waals surface area contributed by atoms with Crippen LogP contribution in [0.15, 0.2) is 94.7 Å². The van der Waals surface area contributed by atoms with Crippen LogP contribution in [0.3, 0.4) is 0 Å². The molecule has 9 nitrogen and oxygen atoms in total. The minimum atomic E-state index is -4.61. The molecule has 4 rings (SSSR count). The van der Waals surface area contributed by atoms with Gasteiger partial charge in [0.15, 0.2) is 0 Å². The topological polar surface area (TPSA) is 141 Å². The smallest absolute Gasteiger partial charge is 0.269 e. The van der Waals surface area contributed by atoms with Gasteiger partial charge >= 0.3 is 0 Å². The van der Waals surface area contributed by atoms with Gasteiger partial charge in [0.2, 0.25) is 29.7 Å². The summed E-state index contributed by atoms with van der Waals surface area (Å²) in [5, 5.41) is 13.7. The van der Waals surface area contributed by atoms with E-state index >= 15 is 0 Å². The van der Waals surface area contributed by atoms with Gasteiger partial charge in [0.1, 0.15) is 0 Å². The van der Waals surface area contributed by atoms with Crippen molar-refractivity contribution in [2.45, 2.75) is 32.8 Å². The van der Waals surface area contributed by atoms with Crippen molar-refractivity contribution < 1.29 is 26.6 Å². The Kier molecular flexibility index (Phi) is 6.00. The fourth-order valence-corrected chi connectivity index (χ4v) is 9.54. The molecular weight excluding hydrogens is 480 g/mol. The lowest BCUT2D eigenvalue weighted by atomic mass is 9.95. The van der Waals surface area contributed by atoms with E-state index in [1.54, 1.807) is 12.1 Å². The molecule has 1 heterocycles. The first-order chi connectivity index (χ1) is 16.1. The van der Waals surface area contributed by atoms with Gasteiger partial charge in [0.25, 0.3) is 5.69 Å². The average Bonchev–Trinajstić information content (AvgIpc) is 2.85. The molecule has 0 saturated carbocycles. The molecule has 1 amide bonds. The maximum atomic E-state index is 14.2. The number of carbonyl (C=O) groups is 1. The zero-order valence-corrected chi connectivity index (χ0v) is 19.3. The number of rotatable bonds is 6. The summed E-state index contributed by atoms with van der Waals surface area (Å²) < 4.78 is 54.1. The summed E-state index contributed by atoms with van der Waals surface area (Å²) in [5.74, 6) is -0.523. The highest BCUT2D eigenvalue weighted by Crippen LogP contribution is 2.49. The molecule has 1 atom stereocenters. The van der Waals surface area contributed by atoms with E-state index in [1.165, 1.54) is 60.7 Å². The Labute approximate surface area is 196 Å². The standard InChI is InChI=1S/C23H20N2O7S2/c26-21-15-16-23(33(29,30)19-7-3-1-4-8-19,34(31,32)20-9-5-2-6-10-20)22(24-21)17-11-13-18(14-12-17)25(27)28/h1-14,22H,15-16H2,(H,24,26). The number of amides is 1. The van der Waals surface area contributed by atoms with Gasteiger partial charge in [-0.15, -0.1) is 0 Å². The fourth-order valence-electron chi connectivity index (χ4n) is 4.22. The quantitative estimate of drug-likeness (QED) is 0.405. The van der Waals surface area contributed by atoms with Crippen LogP contribution in [0.25, 0.3) is 0 Å². The van der Waals surface area contributed by atoms with E-state index in [-0.39, 0.29) is 27.5 Å². The summed E-state index contributed by atoms with van der Waals surface area (Å²) >= 11 is 0. The third-order valence-corrected chi connectivity index (χ3v) is 11.7. The van der Waals surface area contributed by atoms with Gasteiger partial charge in [-0.05, 0) is 36.2 Å². The first-order valence-corrected chi connectivity index (χ1v) is 13.2. The van der Waals surface area contributed by atoms with E-state index in [2.05, 4.69) is 5.32 Å². The van der Waals surface area contributed by atoms with Crippen molar-refractivity contribution in [3.05, 3.63) is 101 Å². The first-order valence-electron chi connectivity index (χ1n) is 10.2. The number of hydrogen-bond donors (Lipinski definition) is 1. The zero-order chi connectivity index (χ0) is 24.6. The molecular formula is C23H20N2O7S2. The zero-order valence-electron chi connectivity index (χ0n) is 17.7. The number of nitro benzene ring substituents is 1. The van der Waals surface area contributed by atoms with Gasteiger partial charge in [-0.25, -0.2) is 16.8 Å². The van der Waals surface area contributed by atoms with Crippen LogP contribution in [-0.4, -0.2) is 31.7 Å². The van der Waals surface area contributed by atoms with Crippen molar-refractivity contribution in [1.82, 2.24) is 5.32 Å². The number of benzene rings is 3. The third kappa shape index (κ3) is 3.66. The number of nitro groups is 1. The minimum absolute atomic E-state index is 0.123. The van der Waals surface area contributed by atoms with E-state index in [4.69, 9.17) is 0 Å². The van der Waals surface area contributed by atoms with E-state index in [0.29, 0.717) is 0 Å². The molecule has 0 radical (unpaired) electrons. The van der Waals surface area contributed by atoms with Crippen molar-refractivity contribution in [3.8, 4) is 0 Å². The molecule has 1 fully saturated rings. The number of nitrogens with one attached hydrogen (secondary N) is 1. The molecule has 0 bridgehead atoms. The largest absolute Gasteiger partial charge is 0.347 e. The minimum Gasteiger partial charge on any atom is -0.347 e. The summed E-state index contributed by atoms with van der Waals surface area (Å²) in [6.45, 7) is 0. The van der Waals surface area contributed by atoms with Crippen molar-refractivity contribution in [3.63, 3.8) is 0 Å². The Morgan fingerprint density at radius 3 is 1.71 bits per heavy atom. The van der Waals surface area contributed by atoms with Crippen LogP contribution in [0.2, 0.25) is 0 Å². The van der Waals surface area contributed by atoms with Crippen LogP contribution >= 0.6 is 0 Å². The maximum absolute atomic E-state index is 14.2. The highest BCUT2D eigenvalue weighted by molar-refractivity contribution is 8.10. The number of piperidine rings is 1. The lowest BCUT2D eigenvalue weighted by molar-refractivity contribution is -0.384. The SMILES string of the molecule is O=C1CCC(S(=O)(=O)c2ccccc2)(S(=O)(=O)c2ccccc2)C(c2ccc([N+](=O)[O-])cc2)N1. The van der Waals surface area contributed by atoms with Crippen molar-refractivity contribution >= 4 is 31.3 Å². The number of hydrogen-bond acceptors (Lipinski definition) is 7. The van der Waals surface area contributed by atoms with Crippen LogP contribution in [0.4, 0.5) is 5.69 Å².